The van der Waals surface area contributed by atoms with Gasteiger partial charge in [-0.3, -0.25) is 14.7 Å². The van der Waals surface area contributed by atoms with Gasteiger partial charge in [-0.1, -0.05) is 0 Å². The average Bonchev–Trinajstić information content (AvgIpc) is 2.87. The number of hydrogen-bond donors (Lipinski definition) is 0. The Morgan fingerprint density at radius 2 is 2.21 bits per heavy atom. The van der Waals surface area contributed by atoms with Gasteiger partial charge in [0.15, 0.2) is 5.58 Å². The van der Waals surface area contributed by atoms with E-state index < -0.39 is 10.7 Å². The van der Waals surface area contributed by atoms with Crippen LogP contribution in [0, 0.1) is 10.1 Å². The topological polar surface area (TPSA) is 91.2 Å². The molecule has 0 bridgehead atoms. The number of nitro benzene ring substituents is 1. The SMILES string of the molecule is O=c1oc2ccc([N+](=O)[O-])cc2n1CCCSc1ncccc1Br. The molecule has 2 heterocycles. The zero-order valence-corrected chi connectivity index (χ0v) is 14.7. The molecule has 2 aromatic heterocycles. The number of aryl methyl sites for hydroxylation is 1. The van der Waals surface area contributed by atoms with Crippen molar-refractivity contribution in [3.05, 3.63) is 61.7 Å². The first-order valence-corrected chi connectivity index (χ1v) is 8.85. The molecule has 0 radical (unpaired) electrons. The molecule has 0 aliphatic rings. The van der Waals surface area contributed by atoms with E-state index in [-0.39, 0.29) is 5.69 Å². The number of benzene rings is 1. The Morgan fingerprint density at radius 3 is 2.96 bits per heavy atom. The van der Waals surface area contributed by atoms with Gasteiger partial charge in [-0.05, 0) is 40.5 Å². The fourth-order valence-electron chi connectivity index (χ4n) is 2.24. The second-order valence-corrected chi connectivity index (χ2v) is 6.86. The molecule has 0 aliphatic heterocycles. The summed E-state index contributed by atoms with van der Waals surface area (Å²) >= 11 is 5.01. The van der Waals surface area contributed by atoms with Crippen LogP contribution in [0.3, 0.4) is 0 Å². The van der Waals surface area contributed by atoms with Crippen LogP contribution in [0.1, 0.15) is 6.42 Å². The van der Waals surface area contributed by atoms with Crippen molar-refractivity contribution in [3.8, 4) is 0 Å². The third-order valence-corrected chi connectivity index (χ3v) is 5.35. The third-order valence-electron chi connectivity index (χ3n) is 3.35. The molecule has 3 aromatic rings. The first-order valence-electron chi connectivity index (χ1n) is 7.07. The maximum Gasteiger partial charge on any atom is 0.419 e. The summed E-state index contributed by atoms with van der Waals surface area (Å²) in [6, 6.07) is 7.90. The van der Waals surface area contributed by atoms with Gasteiger partial charge < -0.3 is 4.42 Å². The zero-order chi connectivity index (χ0) is 17.1. The highest BCUT2D eigenvalue weighted by atomic mass is 79.9. The van der Waals surface area contributed by atoms with E-state index in [1.54, 1.807) is 18.0 Å². The van der Waals surface area contributed by atoms with Crippen molar-refractivity contribution in [1.29, 1.82) is 0 Å². The quantitative estimate of drug-likeness (QED) is 0.265. The van der Waals surface area contributed by atoms with Gasteiger partial charge in [0.1, 0.15) is 5.03 Å². The van der Waals surface area contributed by atoms with E-state index in [1.807, 2.05) is 12.1 Å². The van der Waals surface area contributed by atoms with E-state index in [9.17, 15) is 14.9 Å². The van der Waals surface area contributed by atoms with Crippen LogP contribution in [0.15, 0.2) is 55.2 Å². The monoisotopic (exact) mass is 409 g/mol. The van der Waals surface area contributed by atoms with Gasteiger partial charge in [0.25, 0.3) is 5.69 Å². The number of oxazole rings is 1. The number of thioether (sulfide) groups is 1. The smallest absolute Gasteiger partial charge is 0.408 e. The molecule has 124 valence electrons. The number of non-ortho nitro benzene ring substituents is 1. The highest BCUT2D eigenvalue weighted by Gasteiger charge is 2.14. The Bertz CT molecular complexity index is 953. The molecule has 0 atom stereocenters. The lowest BCUT2D eigenvalue weighted by molar-refractivity contribution is -0.384. The van der Waals surface area contributed by atoms with Crippen LogP contribution >= 0.6 is 27.7 Å². The van der Waals surface area contributed by atoms with E-state index >= 15 is 0 Å². The number of aromatic nitrogens is 2. The number of hydrogen-bond acceptors (Lipinski definition) is 6. The summed E-state index contributed by atoms with van der Waals surface area (Å²) < 4.78 is 7.48. The predicted molar refractivity (Wildman–Crippen MR) is 94.4 cm³/mol. The van der Waals surface area contributed by atoms with Crippen LogP contribution < -0.4 is 5.76 Å². The Morgan fingerprint density at radius 1 is 1.38 bits per heavy atom. The molecule has 0 spiro atoms. The van der Waals surface area contributed by atoms with Crippen LogP contribution in [0.25, 0.3) is 11.1 Å². The number of nitro groups is 1. The molecule has 0 amide bonds. The minimum atomic E-state index is -0.505. The van der Waals surface area contributed by atoms with E-state index in [0.29, 0.717) is 24.1 Å². The van der Waals surface area contributed by atoms with Crippen LogP contribution in [-0.2, 0) is 6.54 Å². The van der Waals surface area contributed by atoms with Crippen LogP contribution in [-0.4, -0.2) is 20.2 Å². The van der Waals surface area contributed by atoms with E-state index in [1.165, 1.54) is 22.8 Å². The van der Waals surface area contributed by atoms with Gasteiger partial charge in [0, 0.05) is 35.1 Å². The fraction of sp³-hybridized carbons (Fsp3) is 0.200. The van der Waals surface area contributed by atoms with Gasteiger partial charge in [0.2, 0.25) is 0 Å². The molecule has 0 aliphatic carbocycles. The van der Waals surface area contributed by atoms with Crippen molar-refractivity contribution in [1.82, 2.24) is 9.55 Å². The molecule has 0 unspecified atom stereocenters. The zero-order valence-electron chi connectivity index (χ0n) is 12.3. The molecule has 0 saturated carbocycles. The number of fused-ring (bicyclic) bond motifs is 1. The predicted octanol–water partition coefficient (Wildman–Crippen LogP) is 3.84. The first kappa shape index (κ1) is 16.7. The van der Waals surface area contributed by atoms with Gasteiger partial charge in [-0.2, -0.15) is 0 Å². The lowest BCUT2D eigenvalue weighted by Crippen LogP contribution is -2.14. The summed E-state index contributed by atoms with van der Waals surface area (Å²) in [6.45, 7) is 0.421. The second kappa shape index (κ2) is 7.18. The molecule has 3 rings (SSSR count). The third kappa shape index (κ3) is 3.51. The fourth-order valence-corrected chi connectivity index (χ4v) is 3.65. The molecular formula is C15H12BrN3O4S. The van der Waals surface area contributed by atoms with E-state index in [4.69, 9.17) is 4.42 Å². The highest BCUT2D eigenvalue weighted by molar-refractivity contribution is 9.10. The molecule has 0 N–H and O–H groups in total. The molecule has 9 heteroatoms. The van der Waals surface area contributed by atoms with Crippen molar-refractivity contribution in [2.45, 2.75) is 18.0 Å². The molecule has 1 aromatic carbocycles. The van der Waals surface area contributed by atoms with Gasteiger partial charge >= 0.3 is 5.76 Å². The molecule has 0 fully saturated rings. The lowest BCUT2D eigenvalue weighted by atomic mass is 10.3. The van der Waals surface area contributed by atoms with Crippen molar-refractivity contribution in [2.75, 3.05) is 5.75 Å². The van der Waals surface area contributed by atoms with E-state index in [0.717, 1.165) is 15.3 Å². The number of pyridine rings is 1. The lowest BCUT2D eigenvalue weighted by Gasteiger charge is -2.04. The van der Waals surface area contributed by atoms with Crippen molar-refractivity contribution in [2.24, 2.45) is 0 Å². The Labute approximate surface area is 149 Å². The minimum absolute atomic E-state index is 0.0659. The van der Waals surface area contributed by atoms with Crippen molar-refractivity contribution in [3.63, 3.8) is 0 Å². The Kier molecular flexibility index (Phi) is 5.00. The van der Waals surface area contributed by atoms with Crippen LogP contribution in [0.4, 0.5) is 5.69 Å². The van der Waals surface area contributed by atoms with Crippen LogP contribution in [0.5, 0.6) is 0 Å². The normalized spacial score (nSPS) is 11.0. The largest absolute Gasteiger partial charge is 0.419 e. The second-order valence-electron chi connectivity index (χ2n) is 4.92. The molecular weight excluding hydrogens is 398 g/mol. The number of halogens is 1. The highest BCUT2D eigenvalue weighted by Crippen LogP contribution is 2.25. The maximum absolute atomic E-state index is 11.9. The number of nitrogens with zero attached hydrogens (tertiary/aromatic N) is 3. The van der Waals surface area contributed by atoms with Gasteiger partial charge in [-0.25, -0.2) is 9.78 Å². The summed E-state index contributed by atoms with van der Waals surface area (Å²) in [5.74, 6) is 0.249. The average molecular weight is 410 g/mol. The molecule has 7 nitrogen and oxygen atoms in total. The maximum atomic E-state index is 11.9. The molecule has 24 heavy (non-hydrogen) atoms. The molecule has 0 saturated heterocycles. The summed E-state index contributed by atoms with van der Waals surface area (Å²) in [7, 11) is 0. The number of rotatable bonds is 6. The van der Waals surface area contributed by atoms with Crippen molar-refractivity contribution < 1.29 is 9.34 Å². The van der Waals surface area contributed by atoms with Crippen LogP contribution in [0.2, 0.25) is 0 Å². The summed E-state index contributed by atoms with van der Waals surface area (Å²) in [5.41, 5.74) is 0.729. The van der Waals surface area contributed by atoms with E-state index in [2.05, 4.69) is 20.9 Å². The minimum Gasteiger partial charge on any atom is -0.408 e. The summed E-state index contributed by atoms with van der Waals surface area (Å²) in [4.78, 5) is 26.6. The Balaban J connectivity index is 1.72. The summed E-state index contributed by atoms with van der Waals surface area (Å²) in [5, 5.41) is 11.8. The van der Waals surface area contributed by atoms with Gasteiger partial charge in [0.05, 0.1) is 10.4 Å². The van der Waals surface area contributed by atoms with Crippen molar-refractivity contribution >= 4 is 44.5 Å². The first-order chi connectivity index (χ1) is 11.6. The Hall–Kier alpha value is -2.13. The standard InChI is InChI=1S/C15H12BrN3O4S/c16-11-3-1-6-17-14(11)24-8-2-7-18-12-9-10(19(21)22)4-5-13(12)23-15(18)20/h1,3-6,9H,2,7-8H2. The summed E-state index contributed by atoms with van der Waals surface area (Å²) in [6.07, 6.45) is 2.42. The van der Waals surface area contributed by atoms with Gasteiger partial charge in [-0.15, -0.1) is 11.8 Å².